The van der Waals surface area contributed by atoms with E-state index in [1.165, 1.54) is 12.1 Å². The molecule has 0 aromatic heterocycles. The summed E-state index contributed by atoms with van der Waals surface area (Å²) >= 11 is 0. The zero-order chi connectivity index (χ0) is 16.9. The van der Waals surface area contributed by atoms with Crippen LogP contribution in [-0.2, 0) is 6.54 Å². The molecule has 124 valence electrons. The number of aromatic hydroxyl groups is 1. The highest BCUT2D eigenvalue weighted by Crippen LogP contribution is 2.33. The molecule has 0 atom stereocenters. The number of rotatable bonds is 7. The minimum Gasteiger partial charge on any atom is -0.508 e. The first-order chi connectivity index (χ1) is 11.1. The second-order valence-corrected chi connectivity index (χ2v) is 11.1. The van der Waals surface area contributed by atoms with Gasteiger partial charge in [-0.25, -0.2) is 4.39 Å². The topological polar surface area (TPSA) is 23.5 Å². The Morgan fingerprint density at radius 2 is 1.48 bits per heavy atom. The summed E-state index contributed by atoms with van der Waals surface area (Å²) in [6.45, 7) is 7.42. The average molecular weight is 332 g/mol. The van der Waals surface area contributed by atoms with E-state index in [1.54, 1.807) is 6.07 Å². The Balaban J connectivity index is 2.46. The summed E-state index contributed by atoms with van der Waals surface area (Å²) in [6, 6.07) is 17.6. The summed E-state index contributed by atoms with van der Waals surface area (Å²) in [4.78, 5) is 0. The van der Waals surface area contributed by atoms with E-state index < -0.39 is 8.24 Å². The van der Waals surface area contributed by atoms with Crippen LogP contribution in [0.2, 0.25) is 18.1 Å². The first-order valence-corrected chi connectivity index (χ1v) is 10.9. The lowest BCUT2D eigenvalue weighted by molar-refractivity contribution is 0.468. The summed E-state index contributed by atoms with van der Waals surface area (Å²) in [5.74, 6) is 0.110. The minimum atomic E-state index is -1.71. The number of hydrogen-bond acceptors (Lipinski definition) is 2. The molecule has 0 radical (unpaired) electrons. The van der Waals surface area contributed by atoms with Gasteiger partial charge in [-0.3, -0.25) is 0 Å². The summed E-state index contributed by atoms with van der Waals surface area (Å²) in [6.07, 6.45) is 0. The molecular formula is C19H26FNOSi. The van der Waals surface area contributed by atoms with Gasteiger partial charge in [-0.1, -0.05) is 39.0 Å². The Bertz CT molecular complexity index is 617. The maximum absolute atomic E-state index is 13.3. The van der Waals surface area contributed by atoms with Gasteiger partial charge in [0.1, 0.15) is 11.6 Å². The lowest BCUT2D eigenvalue weighted by Crippen LogP contribution is -2.52. The van der Waals surface area contributed by atoms with Crippen LogP contribution in [0.4, 0.5) is 10.1 Å². The van der Waals surface area contributed by atoms with Crippen LogP contribution < -0.4 is 4.57 Å². The summed E-state index contributed by atoms with van der Waals surface area (Å²) in [5, 5.41) is 10.2. The molecule has 0 amide bonds. The maximum atomic E-state index is 13.3. The lowest BCUT2D eigenvalue weighted by Gasteiger charge is -2.43. The van der Waals surface area contributed by atoms with E-state index in [0.717, 1.165) is 29.4 Å². The highest BCUT2D eigenvalue weighted by molar-refractivity contribution is 6.83. The predicted molar refractivity (Wildman–Crippen MR) is 97.9 cm³/mol. The highest BCUT2D eigenvalue weighted by atomic mass is 28.3. The van der Waals surface area contributed by atoms with Crippen LogP contribution in [0.15, 0.2) is 48.5 Å². The third-order valence-corrected chi connectivity index (χ3v) is 10.5. The lowest BCUT2D eigenvalue weighted by atomic mass is 10.2. The van der Waals surface area contributed by atoms with Crippen LogP contribution in [0, 0.1) is 5.82 Å². The molecule has 0 heterocycles. The third kappa shape index (κ3) is 3.75. The van der Waals surface area contributed by atoms with E-state index >= 15 is 0 Å². The maximum Gasteiger partial charge on any atom is 0.156 e. The van der Waals surface area contributed by atoms with Crippen molar-refractivity contribution in [3.63, 3.8) is 0 Å². The molecule has 2 aromatic carbocycles. The molecule has 0 aliphatic carbocycles. The van der Waals surface area contributed by atoms with Crippen LogP contribution >= 0.6 is 0 Å². The molecule has 0 aliphatic rings. The number of anilines is 1. The fourth-order valence-electron chi connectivity index (χ4n) is 3.29. The van der Waals surface area contributed by atoms with Gasteiger partial charge in [0, 0.05) is 17.8 Å². The molecule has 0 spiro atoms. The van der Waals surface area contributed by atoms with Gasteiger partial charge in [0.05, 0.1) is 0 Å². The van der Waals surface area contributed by atoms with Gasteiger partial charge in [0.15, 0.2) is 8.24 Å². The SMILES string of the molecule is CC[Si](CC)(CC)N(Cc1ccccc1O)c1ccc(F)cc1. The van der Waals surface area contributed by atoms with Crippen LogP contribution in [0.1, 0.15) is 26.3 Å². The standard InChI is InChI=1S/C19H26FNOSi/c1-4-23(5-2,6-3)21(18-13-11-17(20)12-14-18)15-16-9-7-8-10-19(16)22/h7-14,22H,4-6,15H2,1-3H3. The Kier molecular flexibility index (Phi) is 5.83. The smallest absolute Gasteiger partial charge is 0.156 e. The Hall–Kier alpha value is -1.81. The van der Waals surface area contributed by atoms with Crippen molar-refractivity contribution < 1.29 is 9.50 Å². The quantitative estimate of drug-likeness (QED) is 0.673. The molecule has 0 bridgehead atoms. The predicted octanol–water partition coefficient (Wildman–Crippen LogP) is 5.54. The van der Waals surface area contributed by atoms with Crippen molar-refractivity contribution >= 4 is 13.9 Å². The molecule has 2 rings (SSSR count). The zero-order valence-electron chi connectivity index (χ0n) is 14.2. The van der Waals surface area contributed by atoms with Crippen molar-refractivity contribution in [2.45, 2.75) is 45.4 Å². The molecule has 2 nitrogen and oxygen atoms in total. The average Bonchev–Trinajstić information content (AvgIpc) is 2.58. The van der Waals surface area contributed by atoms with Crippen LogP contribution in [0.5, 0.6) is 5.75 Å². The van der Waals surface area contributed by atoms with E-state index in [2.05, 4.69) is 25.3 Å². The molecule has 1 N–H and O–H groups in total. The van der Waals surface area contributed by atoms with Gasteiger partial charge in [-0.15, -0.1) is 0 Å². The number of para-hydroxylation sites is 1. The van der Waals surface area contributed by atoms with Crippen LogP contribution in [0.25, 0.3) is 0 Å². The molecule has 0 aliphatic heterocycles. The number of halogens is 1. The zero-order valence-corrected chi connectivity index (χ0v) is 15.2. The van der Waals surface area contributed by atoms with Crippen LogP contribution in [0.3, 0.4) is 0 Å². The molecule has 2 aromatic rings. The van der Waals surface area contributed by atoms with E-state index in [-0.39, 0.29) is 5.82 Å². The van der Waals surface area contributed by atoms with Crippen molar-refractivity contribution in [1.29, 1.82) is 0 Å². The Morgan fingerprint density at radius 3 is 2.00 bits per heavy atom. The van der Waals surface area contributed by atoms with E-state index in [9.17, 15) is 9.50 Å². The minimum absolute atomic E-state index is 0.215. The van der Waals surface area contributed by atoms with Crippen molar-refractivity contribution in [1.82, 2.24) is 0 Å². The van der Waals surface area contributed by atoms with Crippen molar-refractivity contribution in [3.05, 3.63) is 59.9 Å². The molecule has 23 heavy (non-hydrogen) atoms. The first kappa shape index (κ1) is 17.5. The largest absolute Gasteiger partial charge is 0.508 e. The summed E-state index contributed by atoms with van der Waals surface area (Å²) in [5.41, 5.74) is 1.97. The normalized spacial score (nSPS) is 11.5. The van der Waals surface area contributed by atoms with Crippen molar-refractivity contribution in [2.75, 3.05) is 4.57 Å². The highest BCUT2D eigenvalue weighted by Gasteiger charge is 2.35. The van der Waals surface area contributed by atoms with Gasteiger partial charge in [0.2, 0.25) is 0 Å². The molecule has 0 fully saturated rings. The van der Waals surface area contributed by atoms with Gasteiger partial charge in [-0.2, -0.15) is 0 Å². The van der Waals surface area contributed by atoms with Crippen molar-refractivity contribution in [3.8, 4) is 5.75 Å². The summed E-state index contributed by atoms with van der Waals surface area (Å²) in [7, 11) is -1.71. The number of phenols is 1. The number of phenolic OH excluding ortho intramolecular Hbond substituents is 1. The molecule has 4 heteroatoms. The number of nitrogens with zero attached hydrogens (tertiary/aromatic N) is 1. The fourth-order valence-corrected chi connectivity index (χ4v) is 7.14. The summed E-state index contributed by atoms with van der Waals surface area (Å²) < 4.78 is 15.8. The number of benzene rings is 2. The molecule has 0 saturated carbocycles. The molecule has 0 unspecified atom stereocenters. The second kappa shape index (κ2) is 7.64. The molecule has 0 saturated heterocycles. The van der Waals surface area contributed by atoms with Gasteiger partial charge >= 0.3 is 0 Å². The fraction of sp³-hybridized carbons (Fsp3) is 0.368. The van der Waals surface area contributed by atoms with E-state index in [0.29, 0.717) is 12.3 Å². The third-order valence-electron chi connectivity index (χ3n) is 5.01. The van der Waals surface area contributed by atoms with E-state index in [4.69, 9.17) is 0 Å². The number of hydrogen-bond donors (Lipinski definition) is 1. The Labute approximate surface area is 139 Å². The van der Waals surface area contributed by atoms with Crippen LogP contribution in [-0.4, -0.2) is 13.3 Å². The van der Waals surface area contributed by atoms with Gasteiger partial charge < -0.3 is 9.67 Å². The second-order valence-electron chi connectivity index (χ2n) is 5.98. The monoisotopic (exact) mass is 331 g/mol. The first-order valence-electron chi connectivity index (χ1n) is 8.36. The van der Waals surface area contributed by atoms with Crippen molar-refractivity contribution in [2.24, 2.45) is 0 Å². The van der Waals surface area contributed by atoms with Gasteiger partial charge in [-0.05, 0) is 48.5 Å². The molecular weight excluding hydrogens is 305 g/mol. The Morgan fingerprint density at radius 1 is 0.913 bits per heavy atom. The van der Waals surface area contributed by atoms with Gasteiger partial charge in [0.25, 0.3) is 0 Å². The van der Waals surface area contributed by atoms with E-state index in [1.807, 2.05) is 30.3 Å².